The van der Waals surface area contributed by atoms with Gasteiger partial charge in [-0.3, -0.25) is 9.36 Å². The van der Waals surface area contributed by atoms with Crippen molar-refractivity contribution < 1.29 is 9.13 Å². The maximum absolute atomic E-state index is 12.5. The number of fused-ring (bicyclic) bond motifs is 1. The molecule has 21 heavy (non-hydrogen) atoms. The third-order valence-electron chi connectivity index (χ3n) is 3.51. The van der Waals surface area contributed by atoms with Gasteiger partial charge < -0.3 is 9.30 Å². The van der Waals surface area contributed by atoms with Gasteiger partial charge in [0.15, 0.2) is 0 Å². The maximum atomic E-state index is 12.5. The van der Waals surface area contributed by atoms with Gasteiger partial charge in [0, 0.05) is 24.6 Å². The van der Waals surface area contributed by atoms with Gasteiger partial charge in [0.1, 0.15) is 5.75 Å². The van der Waals surface area contributed by atoms with E-state index in [0.717, 1.165) is 17.7 Å². The number of hydrogen-bond acceptors (Lipinski definition) is 2. The minimum Gasteiger partial charge on any atom is -0.463 e. The van der Waals surface area contributed by atoms with Crippen LogP contribution in [0.4, 0.5) is 4.39 Å². The fourth-order valence-electron chi connectivity index (χ4n) is 2.44. The van der Waals surface area contributed by atoms with Crippen molar-refractivity contribution in [2.75, 3.05) is 6.86 Å². The predicted molar refractivity (Wildman–Crippen MR) is 79.8 cm³/mol. The van der Waals surface area contributed by atoms with Crippen molar-refractivity contribution in [2.45, 2.75) is 13.5 Å². The number of benzene rings is 1. The van der Waals surface area contributed by atoms with E-state index in [9.17, 15) is 9.18 Å². The normalized spacial score (nSPS) is 11.0. The zero-order valence-electron chi connectivity index (χ0n) is 11.6. The number of alkyl halides is 1. The summed E-state index contributed by atoms with van der Waals surface area (Å²) in [5.74, 6) is 0.438. The van der Waals surface area contributed by atoms with Crippen LogP contribution in [0, 0.1) is 0 Å². The Balaban J connectivity index is 2.08. The summed E-state index contributed by atoms with van der Waals surface area (Å²) in [6.07, 6.45) is 3.66. The molecule has 3 aromatic rings. The van der Waals surface area contributed by atoms with Crippen molar-refractivity contribution in [1.29, 1.82) is 0 Å². The van der Waals surface area contributed by atoms with Crippen LogP contribution in [0.5, 0.6) is 5.75 Å². The Morgan fingerprint density at radius 3 is 2.52 bits per heavy atom. The highest BCUT2D eigenvalue weighted by atomic mass is 19.1. The second-order valence-corrected chi connectivity index (χ2v) is 4.64. The van der Waals surface area contributed by atoms with E-state index in [2.05, 4.69) is 0 Å². The molecular weight excluding hydrogens is 271 g/mol. The number of aromatic nitrogens is 2. The summed E-state index contributed by atoms with van der Waals surface area (Å²) >= 11 is 0. The van der Waals surface area contributed by atoms with Gasteiger partial charge in [-0.2, -0.15) is 0 Å². The molecule has 0 radical (unpaired) electrons. The van der Waals surface area contributed by atoms with Crippen LogP contribution in [0.1, 0.15) is 6.92 Å². The van der Waals surface area contributed by atoms with Gasteiger partial charge in [0.05, 0.1) is 10.9 Å². The van der Waals surface area contributed by atoms with Crippen molar-refractivity contribution in [3.63, 3.8) is 0 Å². The number of hydrogen-bond donors (Lipinski definition) is 0. The lowest BCUT2D eigenvalue weighted by Gasteiger charge is -2.08. The Labute approximate surface area is 121 Å². The molecule has 0 bridgehead atoms. The zero-order valence-corrected chi connectivity index (χ0v) is 11.6. The number of rotatable bonds is 4. The second-order valence-electron chi connectivity index (χ2n) is 4.64. The molecule has 0 aliphatic carbocycles. The summed E-state index contributed by atoms with van der Waals surface area (Å²) in [5.41, 5.74) is 1.58. The first-order valence-corrected chi connectivity index (χ1v) is 6.74. The molecule has 3 rings (SSSR count). The van der Waals surface area contributed by atoms with Gasteiger partial charge in [0.25, 0.3) is 5.56 Å². The Kier molecular flexibility index (Phi) is 3.48. The summed E-state index contributed by atoms with van der Waals surface area (Å²) in [5, 5.41) is 0.684. The van der Waals surface area contributed by atoms with Crippen molar-refractivity contribution >= 4 is 10.9 Å². The number of aryl methyl sites for hydroxylation is 1. The average molecular weight is 286 g/mol. The molecule has 2 heterocycles. The molecule has 0 saturated carbocycles. The monoisotopic (exact) mass is 286 g/mol. The van der Waals surface area contributed by atoms with E-state index in [-0.39, 0.29) is 5.56 Å². The van der Waals surface area contributed by atoms with Crippen molar-refractivity contribution in [3.05, 3.63) is 59.1 Å². The molecular formula is C16H15FN2O2. The Morgan fingerprint density at radius 1 is 1.10 bits per heavy atom. The summed E-state index contributed by atoms with van der Waals surface area (Å²) < 4.78 is 20.5. The van der Waals surface area contributed by atoms with Crippen molar-refractivity contribution in [3.8, 4) is 11.4 Å². The van der Waals surface area contributed by atoms with Crippen LogP contribution in [-0.4, -0.2) is 16.0 Å². The third-order valence-corrected chi connectivity index (χ3v) is 3.51. The van der Waals surface area contributed by atoms with Gasteiger partial charge in [-0.15, -0.1) is 0 Å². The average Bonchev–Trinajstić information content (AvgIpc) is 2.93. The Hall–Kier alpha value is -2.56. The van der Waals surface area contributed by atoms with Crippen molar-refractivity contribution in [2.24, 2.45) is 0 Å². The van der Waals surface area contributed by atoms with Crippen LogP contribution < -0.4 is 10.3 Å². The largest absolute Gasteiger partial charge is 0.463 e. The first kappa shape index (κ1) is 13.4. The molecule has 0 atom stereocenters. The molecule has 0 amide bonds. The van der Waals surface area contributed by atoms with Gasteiger partial charge in [0.2, 0.25) is 6.86 Å². The molecule has 4 nitrogen and oxygen atoms in total. The van der Waals surface area contributed by atoms with Crippen LogP contribution in [0.25, 0.3) is 16.6 Å². The minimum absolute atomic E-state index is 0.0705. The van der Waals surface area contributed by atoms with Crippen molar-refractivity contribution in [1.82, 2.24) is 9.13 Å². The molecule has 0 aliphatic heterocycles. The number of ether oxygens (including phenoxy) is 1. The van der Waals surface area contributed by atoms with E-state index in [1.165, 1.54) is 0 Å². The second kappa shape index (κ2) is 5.44. The first-order chi connectivity index (χ1) is 10.2. The molecule has 0 N–H and O–H groups in total. The van der Waals surface area contributed by atoms with E-state index in [1.807, 2.05) is 29.8 Å². The number of pyridine rings is 1. The molecule has 0 spiro atoms. The lowest BCUT2D eigenvalue weighted by atomic mass is 10.2. The highest BCUT2D eigenvalue weighted by Crippen LogP contribution is 2.17. The standard InChI is InChI=1S/C16H15FN2O2/c1-2-18-9-7-14-15(18)8-10-19(16(14)20)12-3-5-13(6-4-12)21-11-17/h3-10H,2,11H2,1H3. The topological polar surface area (TPSA) is 36.2 Å². The fraction of sp³-hybridized carbons (Fsp3) is 0.188. The van der Waals surface area contributed by atoms with Gasteiger partial charge in [-0.05, 0) is 43.3 Å². The van der Waals surface area contributed by atoms with Gasteiger partial charge in [-0.25, -0.2) is 4.39 Å². The van der Waals surface area contributed by atoms with E-state index in [4.69, 9.17) is 4.74 Å². The van der Waals surface area contributed by atoms with E-state index >= 15 is 0 Å². The molecule has 0 aliphatic rings. The summed E-state index contributed by atoms with van der Waals surface area (Å²) in [6.45, 7) is 1.99. The maximum Gasteiger partial charge on any atom is 0.264 e. The number of nitrogens with zero attached hydrogens (tertiary/aromatic N) is 2. The Morgan fingerprint density at radius 2 is 1.86 bits per heavy atom. The zero-order chi connectivity index (χ0) is 14.8. The molecule has 5 heteroatoms. The highest BCUT2D eigenvalue weighted by Gasteiger charge is 2.07. The van der Waals surface area contributed by atoms with Gasteiger partial charge in [-0.1, -0.05) is 0 Å². The van der Waals surface area contributed by atoms with E-state index in [0.29, 0.717) is 11.1 Å². The predicted octanol–water partition coefficient (Wildman–Crippen LogP) is 3.12. The summed E-state index contributed by atoms with van der Waals surface area (Å²) in [6, 6.07) is 10.5. The van der Waals surface area contributed by atoms with Gasteiger partial charge >= 0.3 is 0 Å². The SMILES string of the molecule is CCn1ccc2c(=O)n(-c3ccc(OCF)cc3)ccc21. The molecule has 2 aromatic heterocycles. The molecule has 0 unspecified atom stereocenters. The smallest absolute Gasteiger partial charge is 0.264 e. The molecule has 1 aromatic carbocycles. The number of halogens is 1. The fourth-order valence-corrected chi connectivity index (χ4v) is 2.44. The van der Waals surface area contributed by atoms with Crippen LogP contribution >= 0.6 is 0 Å². The lowest BCUT2D eigenvalue weighted by Crippen LogP contribution is -2.17. The minimum atomic E-state index is -0.865. The van der Waals surface area contributed by atoms with Crippen LogP contribution in [0.2, 0.25) is 0 Å². The van der Waals surface area contributed by atoms with Crippen LogP contribution in [-0.2, 0) is 6.54 Å². The quantitative estimate of drug-likeness (QED) is 0.739. The molecule has 0 saturated heterocycles. The van der Waals surface area contributed by atoms with Crippen LogP contribution in [0.15, 0.2) is 53.6 Å². The van der Waals surface area contributed by atoms with E-state index in [1.54, 1.807) is 35.0 Å². The van der Waals surface area contributed by atoms with Crippen LogP contribution in [0.3, 0.4) is 0 Å². The summed E-state index contributed by atoms with van der Waals surface area (Å²) in [4.78, 5) is 12.5. The third kappa shape index (κ3) is 2.31. The highest BCUT2D eigenvalue weighted by molar-refractivity contribution is 5.79. The molecule has 0 fully saturated rings. The summed E-state index contributed by atoms with van der Waals surface area (Å²) in [7, 11) is 0. The first-order valence-electron chi connectivity index (χ1n) is 6.74. The van der Waals surface area contributed by atoms with E-state index < -0.39 is 6.86 Å². The lowest BCUT2D eigenvalue weighted by molar-refractivity contribution is 0.192. The Bertz CT molecular complexity index is 818. The molecule has 108 valence electrons.